The summed E-state index contributed by atoms with van der Waals surface area (Å²) in [4.78, 5) is 13.1. The minimum atomic E-state index is -1.57. The summed E-state index contributed by atoms with van der Waals surface area (Å²) >= 11 is 0. The Hall–Kier alpha value is -2.11. The number of aliphatic hydroxyl groups is 5. The quantitative estimate of drug-likeness (QED) is 0.0261. The molecule has 492 valence electrons. The van der Waals surface area contributed by atoms with Crippen LogP contribution in [0.4, 0.5) is 0 Å². The maximum Gasteiger partial charge on any atom is 0.220 e. The van der Waals surface area contributed by atoms with E-state index in [1.54, 1.807) is 6.08 Å². The summed E-state index contributed by atoms with van der Waals surface area (Å²) in [6.45, 7) is 3.72. The fourth-order valence-electron chi connectivity index (χ4n) is 11.7. The van der Waals surface area contributed by atoms with E-state index in [9.17, 15) is 30.3 Å². The number of carbonyl (C=O) groups excluding carboxylic acids is 1. The molecule has 7 unspecified atom stereocenters. The van der Waals surface area contributed by atoms with Crippen molar-refractivity contribution in [1.29, 1.82) is 0 Å². The van der Waals surface area contributed by atoms with E-state index in [0.717, 1.165) is 64.2 Å². The smallest absolute Gasteiger partial charge is 0.220 e. The Labute approximate surface area is 519 Å². The van der Waals surface area contributed by atoms with Crippen LogP contribution in [-0.4, -0.2) is 87.5 Å². The molecule has 0 bridgehead atoms. The number of rotatable bonds is 64. The Morgan fingerprint density at radius 2 is 0.738 bits per heavy atom. The van der Waals surface area contributed by atoms with Gasteiger partial charge in [0.2, 0.25) is 5.91 Å². The lowest BCUT2D eigenvalue weighted by atomic mass is 9.99. The van der Waals surface area contributed by atoms with Crippen molar-refractivity contribution in [3.8, 4) is 0 Å². The van der Waals surface area contributed by atoms with Gasteiger partial charge in [0, 0.05) is 6.42 Å². The van der Waals surface area contributed by atoms with Crippen LogP contribution in [-0.2, 0) is 14.3 Å². The minimum Gasteiger partial charge on any atom is -0.394 e. The number of carbonyl (C=O) groups is 1. The highest BCUT2D eigenvalue weighted by Gasteiger charge is 2.44. The summed E-state index contributed by atoms with van der Waals surface area (Å²) < 4.78 is 11.3. The molecule has 1 amide bonds. The van der Waals surface area contributed by atoms with Crippen LogP contribution in [0.5, 0.6) is 0 Å². The van der Waals surface area contributed by atoms with Gasteiger partial charge in [0.25, 0.3) is 0 Å². The Kier molecular flexibility index (Phi) is 60.8. The van der Waals surface area contributed by atoms with E-state index in [4.69, 9.17) is 9.47 Å². The molecule has 7 atom stereocenters. The molecule has 0 aromatic rings. The first-order valence-electron chi connectivity index (χ1n) is 36.5. The van der Waals surface area contributed by atoms with Crippen LogP contribution in [0.3, 0.4) is 0 Å². The van der Waals surface area contributed by atoms with Crippen molar-refractivity contribution in [3.63, 3.8) is 0 Å². The van der Waals surface area contributed by atoms with E-state index in [2.05, 4.69) is 67.8 Å². The van der Waals surface area contributed by atoms with Crippen molar-refractivity contribution < 1.29 is 39.8 Å². The molecule has 0 aliphatic carbocycles. The summed E-state index contributed by atoms with van der Waals surface area (Å²) in [5.74, 6) is -0.170. The van der Waals surface area contributed by atoms with E-state index >= 15 is 0 Å². The van der Waals surface area contributed by atoms with E-state index in [1.165, 1.54) is 270 Å². The zero-order valence-electron chi connectivity index (χ0n) is 55.2. The average Bonchev–Trinajstić information content (AvgIpc) is 3.70. The lowest BCUT2D eigenvalue weighted by Crippen LogP contribution is -2.60. The van der Waals surface area contributed by atoms with Crippen molar-refractivity contribution in [2.75, 3.05) is 13.2 Å². The van der Waals surface area contributed by atoms with Gasteiger partial charge in [-0.25, -0.2) is 0 Å². The average molecular weight is 1180 g/mol. The number of ether oxygens (including phenoxy) is 2. The number of hydrogen-bond donors (Lipinski definition) is 6. The molecule has 1 saturated heterocycles. The molecule has 0 spiro atoms. The van der Waals surface area contributed by atoms with Crippen molar-refractivity contribution >= 4 is 5.91 Å². The fraction of sp³-hybridized carbons (Fsp3) is 0.853. The molecule has 1 heterocycles. The standard InChI is InChI=1S/C75H139NO8/c1-3-5-7-9-11-13-15-17-19-21-23-25-27-29-31-32-33-34-35-36-37-38-39-41-43-45-47-49-51-53-55-57-59-61-63-65-71(79)76-68(67-83-75-74(82)73(81)72(80)70(66-77)84-75)69(78)64-62-60-58-56-54-52-50-48-46-44-42-40-30-28-26-24-22-20-18-16-14-12-10-8-6-4-2/h5,7,11,13,17,19,23,25,62,64,68-70,72-75,77-78,80-82H,3-4,6,8-10,12,14-16,18,20-22,24,26-61,63,65-67H2,1-2H3,(H,76,79)/b7-5-,13-11-,19-17-,25-23-,64-62+. The van der Waals surface area contributed by atoms with Crippen LogP contribution in [0.2, 0.25) is 0 Å². The molecule has 0 saturated carbocycles. The molecule has 1 rings (SSSR count). The minimum absolute atomic E-state index is 0.170. The largest absolute Gasteiger partial charge is 0.394 e. The fourth-order valence-corrected chi connectivity index (χ4v) is 11.7. The first-order chi connectivity index (χ1) is 41.3. The third-order valence-electron chi connectivity index (χ3n) is 17.3. The van der Waals surface area contributed by atoms with E-state index in [1.807, 2.05) is 6.08 Å². The Bertz CT molecular complexity index is 1510. The number of amides is 1. The van der Waals surface area contributed by atoms with Crippen LogP contribution >= 0.6 is 0 Å². The summed E-state index contributed by atoms with van der Waals surface area (Å²) in [6, 6.07) is -0.806. The summed E-state index contributed by atoms with van der Waals surface area (Å²) in [7, 11) is 0. The molecule has 9 nitrogen and oxygen atoms in total. The third kappa shape index (κ3) is 51.9. The van der Waals surface area contributed by atoms with E-state index in [0.29, 0.717) is 6.42 Å². The second kappa shape index (κ2) is 63.9. The van der Waals surface area contributed by atoms with Crippen molar-refractivity contribution in [2.24, 2.45) is 0 Å². The predicted molar refractivity (Wildman–Crippen MR) is 359 cm³/mol. The SMILES string of the molecule is CC/C=C\C/C=C\C/C=C\C/C=C\CCCCCCCCCCCCCCCCCCCCCCCCC(=O)NC(COC1OC(CO)C(O)C(O)C1O)C(O)/C=C/CCCCCCCCCCCCCCCCCCCCCCCCCC. The number of allylic oxidation sites excluding steroid dienone is 9. The highest BCUT2D eigenvalue weighted by atomic mass is 16.7. The molecule has 1 aliphatic heterocycles. The molecule has 0 aromatic heterocycles. The van der Waals surface area contributed by atoms with Gasteiger partial charge in [0.1, 0.15) is 24.4 Å². The molecule has 1 aliphatic rings. The van der Waals surface area contributed by atoms with Crippen molar-refractivity contribution in [2.45, 2.75) is 397 Å². The first-order valence-corrected chi connectivity index (χ1v) is 36.5. The molecule has 9 heteroatoms. The number of aliphatic hydroxyl groups excluding tert-OH is 5. The zero-order chi connectivity index (χ0) is 60.7. The maximum absolute atomic E-state index is 13.1. The predicted octanol–water partition coefficient (Wildman–Crippen LogP) is 20.1. The molecule has 0 radical (unpaired) electrons. The van der Waals surface area contributed by atoms with E-state index < -0.39 is 49.5 Å². The second-order valence-electron chi connectivity index (χ2n) is 25.4. The second-order valence-corrected chi connectivity index (χ2v) is 25.4. The van der Waals surface area contributed by atoms with Gasteiger partial charge in [-0.3, -0.25) is 4.79 Å². The monoisotopic (exact) mass is 1180 g/mol. The van der Waals surface area contributed by atoms with Gasteiger partial charge in [-0.1, -0.05) is 351 Å². The Morgan fingerprint density at radius 1 is 0.417 bits per heavy atom. The summed E-state index contributed by atoms with van der Waals surface area (Å²) in [5, 5.41) is 54.8. The van der Waals surface area contributed by atoms with Crippen molar-refractivity contribution in [1.82, 2.24) is 5.32 Å². The molecular formula is C75H139NO8. The van der Waals surface area contributed by atoms with Crippen LogP contribution in [0, 0.1) is 0 Å². The highest BCUT2D eigenvalue weighted by molar-refractivity contribution is 5.76. The Morgan fingerprint density at radius 3 is 1.10 bits per heavy atom. The summed E-state index contributed by atoms with van der Waals surface area (Å²) in [6.07, 6.45) is 82.0. The van der Waals surface area contributed by atoms with Gasteiger partial charge in [-0.2, -0.15) is 0 Å². The highest BCUT2D eigenvalue weighted by Crippen LogP contribution is 2.24. The van der Waals surface area contributed by atoms with Crippen LogP contribution in [0.25, 0.3) is 0 Å². The van der Waals surface area contributed by atoms with E-state index in [-0.39, 0.29) is 12.5 Å². The van der Waals surface area contributed by atoms with Crippen LogP contribution in [0.1, 0.15) is 354 Å². The lowest BCUT2D eigenvalue weighted by molar-refractivity contribution is -0.302. The van der Waals surface area contributed by atoms with Gasteiger partial charge in [0.05, 0.1) is 25.4 Å². The number of unbranched alkanes of at least 4 members (excludes halogenated alkanes) is 46. The Balaban J connectivity index is 2.09. The number of nitrogens with one attached hydrogen (secondary N) is 1. The molecule has 84 heavy (non-hydrogen) atoms. The third-order valence-corrected chi connectivity index (χ3v) is 17.3. The van der Waals surface area contributed by atoms with Gasteiger partial charge in [-0.15, -0.1) is 0 Å². The molecule has 6 N–H and O–H groups in total. The van der Waals surface area contributed by atoms with Gasteiger partial charge < -0.3 is 40.3 Å². The van der Waals surface area contributed by atoms with Crippen molar-refractivity contribution in [3.05, 3.63) is 60.8 Å². The maximum atomic E-state index is 13.1. The normalized spacial score (nSPS) is 18.5. The van der Waals surface area contributed by atoms with Gasteiger partial charge >= 0.3 is 0 Å². The van der Waals surface area contributed by atoms with Crippen LogP contribution in [0.15, 0.2) is 60.8 Å². The topological polar surface area (TPSA) is 149 Å². The number of hydrogen-bond acceptors (Lipinski definition) is 8. The lowest BCUT2D eigenvalue weighted by Gasteiger charge is -2.40. The summed E-state index contributed by atoms with van der Waals surface area (Å²) in [5.41, 5.74) is 0. The molecular weight excluding hydrogens is 1040 g/mol. The zero-order valence-corrected chi connectivity index (χ0v) is 55.2. The molecule has 0 aromatic carbocycles. The van der Waals surface area contributed by atoms with Crippen LogP contribution < -0.4 is 5.32 Å². The van der Waals surface area contributed by atoms with Gasteiger partial charge in [-0.05, 0) is 57.8 Å². The molecule has 1 fully saturated rings. The van der Waals surface area contributed by atoms with Gasteiger partial charge in [0.15, 0.2) is 6.29 Å². The first kappa shape index (κ1) is 79.9.